The molecule has 3 aromatic carbocycles. The maximum Gasteiger partial charge on any atom is 1.00 e. The number of carbonyl (C=O) groups excluding carboxylic acids is 1. The van der Waals surface area contributed by atoms with E-state index < -0.39 is 15.9 Å². The van der Waals surface area contributed by atoms with E-state index in [1.165, 1.54) is 6.07 Å². The van der Waals surface area contributed by atoms with Gasteiger partial charge < -0.3 is 19.0 Å². The zero-order valence-electron chi connectivity index (χ0n) is 22.1. The molecule has 0 aliphatic rings. The first-order valence-corrected chi connectivity index (χ1v) is 16.1. The number of rotatable bonds is 12. The van der Waals surface area contributed by atoms with Crippen molar-refractivity contribution in [3.05, 3.63) is 103 Å². The molecule has 0 aliphatic heterocycles. The minimum atomic E-state index is -3.97. The van der Waals surface area contributed by atoms with Crippen molar-refractivity contribution >= 4 is 59.1 Å². The fourth-order valence-electron chi connectivity index (χ4n) is 3.88. The van der Waals surface area contributed by atoms with Crippen LogP contribution >= 0.6 is 43.2 Å². The van der Waals surface area contributed by atoms with E-state index in [1.807, 2.05) is 67.6 Å². The zero-order valence-corrected chi connectivity index (χ0v) is 28.9. The van der Waals surface area contributed by atoms with Crippen LogP contribution in [0.3, 0.4) is 0 Å². The Morgan fingerprint density at radius 2 is 1.65 bits per heavy atom. The number of thiophene rings is 1. The van der Waals surface area contributed by atoms with E-state index >= 15 is 0 Å². The van der Waals surface area contributed by atoms with Crippen molar-refractivity contribution in [2.75, 3.05) is 13.2 Å². The van der Waals surface area contributed by atoms with Gasteiger partial charge in [0.1, 0.15) is 25.7 Å². The number of nitrogens with zero attached hydrogens (tertiary/aromatic N) is 1. The van der Waals surface area contributed by atoms with E-state index in [2.05, 4.69) is 36.6 Å². The van der Waals surface area contributed by atoms with Gasteiger partial charge in [-0.3, -0.25) is 0 Å². The van der Waals surface area contributed by atoms with E-state index in [0.717, 1.165) is 54.7 Å². The molecule has 4 aromatic rings. The summed E-state index contributed by atoms with van der Waals surface area (Å²) >= 11 is 8.29. The molecule has 204 valence electrons. The number of halogens is 2. The number of hydrogen-bond donors (Lipinski definition) is 0. The Labute approximate surface area is 278 Å². The van der Waals surface area contributed by atoms with E-state index in [1.54, 1.807) is 11.4 Å². The van der Waals surface area contributed by atoms with Crippen molar-refractivity contribution in [1.29, 1.82) is 0 Å². The van der Waals surface area contributed by atoms with Crippen molar-refractivity contribution in [2.24, 2.45) is 0 Å². The maximum absolute atomic E-state index is 12.4. The SMILES string of the molecule is Cc1cccc(OCCCOc2c(Br)cc(-c3ccccc3CCC(=O)[N-]S(=O)(=O)c3cccs3)cc2Br)c1.[Na+]. The molecule has 0 saturated carbocycles. The first kappa shape index (κ1) is 32.8. The third-order valence-corrected chi connectivity index (χ3v) is 9.55. The molecule has 0 unspecified atom stereocenters. The van der Waals surface area contributed by atoms with Crippen molar-refractivity contribution in [1.82, 2.24) is 0 Å². The van der Waals surface area contributed by atoms with Gasteiger partial charge >= 0.3 is 29.6 Å². The maximum atomic E-state index is 12.4. The first-order chi connectivity index (χ1) is 18.7. The largest absolute Gasteiger partial charge is 1.00 e. The summed E-state index contributed by atoms with van der Waals surface area (Å²) in [6.07, 6.45) is 1.06. The number of benzene rings is 3. The van der Waals surface area contributed by atoms with Crippen molar-refractivity contribution < 1.29 is 52.2 Å². The molecule has 0 aliphatic carbocycles. The van der Waals surface area contributed by atoms with Gasteiger partial charge in [-0.1, -0.05) is 42.5 Å². The monoisotopic (exact) mass is 713 g/mol. The Kier molecular flexibility index (Phi) is 12.8. The summed E-state index contributed by atoms with van der Waals surface area (Å²) in [6.45, 7) is 3.06. The molecule has 0 radical (unpaired) electrons. The smallest absolute Gasteiger partial charge is 0.541 e. The van der Waals surface area contributed by atoms with E-state index in [9.17, 15) is 13.2 Å². The number of aryl methyl sites for hydroxylation is 2. The number of sulfonamides is 1. The van der Waals surface area contributed by atoms with Crippen molar-refractivity contribution in [3.63, 3.8) is 0 Å². The van der Waals surface area contributed by atoms with Crippen LogP contribution in [0.4, 0.5) is 0 Å². The van der Waals surface area contributed by atoms with Gasteiger partial charge in [-0.25, -0.2) is 8.42 Å². The topological polar surface area (TPSA) is 83.8 Å². The van der Waals surface area contributed by atoms with Crippen LogP contribution in [0.1, 0.15) is 24.0 Å². The standard InChI is InChI=1S/C29H27Br2NO5S2.Na/c1-20-7-4-9-23(17-20)36-14-6-15-37-29-25(30)18-22(19-26(29)31)24-10-3-2-8-21(24)12-13-27(33)32-39(34,35)28-11-5-16-38-28;/h2-5,7-11,16-19H,6,12-15H2,1H3,(H,32,33);/q;+1/p-1. The number of ether oxygens (including phenoxy) is 2. The molecule has 40 heavy (non-hydrogen) atoms. The van der Waals surface area contributed by atoms with Gasteiger partial charge in [0.05, 0.1) is 28.1 Å². The van der Waals surface area contributed by atoms with Crippen LogP contribution in [0.15, 0.2) is 91.3 Å². The molecule has 0 N–H and O–H groups in total. The summed E-state index contributed by atoms with van der Waals surface area (Å²) in [5.74, 6) is 0.870. The molecular formula is C29H26Br2NNaO5S2. The summed E-state index contributed by atoms with van der Waals surface area (Å²) < 4.78 is 41.5. The average Bonchev–Trinajstić information content (AvgIpc) is 3.45. The fraction of sp³-hybridized carbons (Fsp3) is 0.207. The van der Waals surface area contributed by atoms with E-state index in [-0.39, 0.29) is 40.2 Å². The molecular weight excluding hydrogens is 689 g/mol. The Balaban J connectivity index is 0.00000441. The number of amides is 1. The summed E-state index contributed by atoms with van der Waals surface area (Å²) in [7, 11) is -3.97. The summed E-state index contributed by atoms with van der Waals surface area (Å²) in [6, 6.07) is 22.6. The zero-order chi connectivity index (χ0) is 27.8. The Bertz CT molecular complexity index is 1520. The van der Waals surface area contributed by atoms with E-state index in [0.29, 0.717) is 25.4 Å². The van der Waals surface area contributed by atoms with Gasteiger partial charge in [0.25, 0.3) is 0 Å². The molecule has 6 nitrogen and oxygen atoms in total. The quantitative estimate of drug-likeness (QED) is 0.147. The second kappa shape index (κ2) is 15.5. The molecule has 11 heteroatoms. The van der Waals surface area contributed by atoms with Crippen LogP contribution in [0, 0.1) is 6.92 Å². The third kappa shape index (κ3) is 9.17. The molecule has 0 saturated heterocycles. The van der Waals surface area contributed by atoms with Gasteiger partial charge in [0.15, 0.2) is 0 Å². The Morgan fingerprint density at radius 1 is 0.925 bits per heavy atom. The van der Waals surface area contributed by atoms with Crippen molar-refractivity contribution in [2.45, 2.75) is 30.4 Å². The summed E-state index contributed by atoms with van der Waals surface area (Å²) in [4.78, 5) is 12.4. The molecule has 1 aromatic heterocycles. The number of carbonyl (C=O) groups is 1. The number of hydrogen-bond acceptors (Lipinski definition) is 6. The van der Waals surface area contributed by atoms with Crippen LogP contribution in [0.5, 0.6) is 11.5 Å². The van der Waals surface area contributed by atoms with Gasteiger partial charge in [-0.2, -0.15) is 0 Å². The van der Waals surface area contributed by atoms with E-state index in [4.69, 9.17) is 9.47 Å². The van der Waals surface area contributed by atoms with Gasteiger partial charge in [-0.05, 0) is 110 Å². The molecule has 0 bridgehead atoms. The fourth-order valence-corrected chi connectivity index (χ4v) is 7.21. The molecule has 1 heterocycles. The predicted molar refractivity (Wildman–Crippen MR) is 162 cm³/mol. The minimum Gasteiger partial charge on any atom is -0.541 e. The van der Waals surface area contributed by atoms with Crippen LogP contribution in [-0.4, -0.2) is 27.5 Å². The second-order valence-corrected chi connectivity index (χ2v) is 13.2. The van der Waals surface area contributed by atoms with Crippen LogP contribution in [0.2, 0.25) is 0 Å². The Hall–Kier alpha value is -1.66. The second-order valence-electron chi connectivity index (χ2n) is 8.69. The van der Waals surface area contributed by atoms with Crippen LogP contribution < -0.4 is 39.0 Å². The summed E-state index contributed by atoms with van der Waals surface area (Å²) in [5.41, 5.74) is 3.93. The predicted octanol–water partition coefficient (Wildman–Crippen LogP) is 5.32. The molecule has 1 amide bonds. The third-order valence-electron chi connectivity index (χ3n) is 5.70. The average molecular weight is 715 g/mol. The normalized spacial score (nSPS) is 11.0. The summed E-state index contributed by atoms with van der Waals surface area (Å²) in [5, 5.41) is 1.64. The molecule has 4 rings (SSSR count). The molecule has 0 atom stereocenters. The van der Waals surface area contributed by atoms with Crippen LogP contribution in [0.25, 0.3) is 15.8 Å². The van der Waals surface area contributed by atoms with Gasteiger partial charge in [0, 0.05) is 6.42 Å². The Morgan fingerprint density at radius 3 is 2.35 bits per heavy atom. The minimum absolute atomic E-state index is 0. The first-order valence-electron chi connectivity index (χ1n) is 12.2. The van der Waals surface area contributed by atoms with Gasteiger partial charge in [-0.15, -0.1) is 11.3 Å². The molecule has 0 fully saturated rings. The van der Waals surface area contributed by atoms with Crippen LogP contribution in [-0.2, 0) is 21.2 Å². The van der Waals surface area contributed by atoms with Crippen molar-refractivity contribution in [3.8, 4) is 22.6 Å². The molecule has 0 spiro atoms. The van der Waals surface area contributed by atoms with Gasteiger partial charge in [0.2, 0.25) is 0 Å².